The molecule has 2 aromatic rings. The van der Waals surface area contributed by atoms with Crippen LogP contribution in [0, 0.1) is 12.1 Å². The van der Waals surface area contributed by atoms with Gasteiger partial charge in [0.15, 0.2) is 10.8 Å². The number of carbonyl (C=O) groups is 1. The highest BCUT2D eigenvalue weighted by Crippen LogP contribution is 2.35. The lowest BCUT2D eigenvalue weighted by molar-refractivity contribution is -0.141. The number of nitrogens with one attached hydrogen (secondary N) is 1. The van der Waals surface area contributed by atoms with E-state index in [9.17, 15) is 22.4 Å². The molecule has 5 nitrogen and oxygen atoms in total. The van der Waals surface area contributed by atoms with Gasteiger partial charge in [-0.05, 0) is 19.1 Å². The zero-order valence-corrected chi connectivity index (χ0v) is 13.1. The molecule has 1 amide bonds. The van der Waals surface area contributed by atoms with E-state index < -0.39 is 34.5 Å². The van der Waals surface area contributed by atoms with Crippen molar-refractivity contribution in [3.05, 3.63) is 38.6 Å². The van der Waals surface area contributed by atoms with Gasteiger partial charge in [-0.3, -0.25) is 9.48 Å². The molecule has 0 aliphatic rings. The van der Waals surface area contributed by atoms with Crippen molar-refractivity contribution in [1.82, 2.24) is 15.2 Å². The van der Waals surface area contributed by atoms with Crippen LogP contribution < -0.4 is 5.43 Å². The van der Waals surface area contributed by atoms with Gasteiger partial charge in [0.05, 0.1) is 21.8 Å². The summed E-state index contributed by atoms with van der Waals surface area (Å²) in [6.45, 7) is 0.827. The summed E-state index contributed by atoms with van der Waals surface area (Å²) in [7, 11) is 0. The number of thiophene rings is 1. The summed E-state index contributed by atoms with van der Waals surface area (Å²) >= 11 is 6.40. The molecule has 1 N–H and O–H groups in total. The quantitative estimate of drug-likeness (QED) is 0.512. The molecule has 0 aliphatic heterocycles. The predicted octanol–water partition coefficient (Wildman–Crippen LogP) is 3.21. The van der Waals surface area contributed by atoms with E-state index in [-0.39, 0.29) is 5.69 Å². The molecular formula is C12H9ClF4N4OS. The zero-order valence-electron chi connectivity index (χ0n) is 11.5. The second-order valence-corrected chi connectivity index (χ2v) is 5.78. The number of aromatic nitrogens is 2. The van der Waals surface area contributed by atoms with E-state index >= 15 is 0 Å². The van der Waals surface area contributed by atoms with Gasteiger partial charge in [-0.25, -0.2) is 5.43 Å². The summed E-state index contributed by atoms with van der Waals surface area (Å²) in [5, 5.41) is 5.91. The normalized spacial score (nSPS) is 12.1. The molecule has 2 heterocycles. The first-order chi connectivity index (χ1) is 10.7. The molecular weight excluding hydrogens is 360 g/mol. The third-order valence-corrected chi connectivity index (χ3v) is 3.93. The highest BCUT2D eigenvalue weighted by atomic mass is 35.5. The van der Waals surface area contributed by atoms with Crippen LogP contribution in [0.5, 0.6) is 0 Å². The van der Waals surface area contributed by atoms with Crippen LogP contribution in [0.25, 0.3) is 0 Å². The molecule has 124 valence electrons. The Bertz CT molecular complexity index is 753. The topological polar surface area (TPSA) is 59.3 Å². The number of alkyl halides is 3. The van der Waals surface area contributed by atoms with Crippen molar-refractivity contribution in [3.8, 4) is 0 Å². The summed E-state index contributed by atoms with van der Waals surface area (Å²) < 4.78 is 51.5. The number of hydrogen-bond acceptors (Lipinski definition) is 4. The minimum atomic E-state index is -4.70. The first kappa shape index (κ1) is 17.4. The summed E-state index contributed by atoms with van der Waals surface area (Å²) in [6.07, 6.45) is -3.49. The summed E-state index contributed by atoms with van der Waals surface area (Å²) in [5.41, 5.74) is 0.877. The molecule has 0 fully saturated rings. The van der Waals surface area contributed by atoms with E-state index in [0.717, 1.165) is 16.0 Å². The van der Waals surface area contributed by atoms with Gasteiger partial charge in [0.1, 0.15) is 6.54 Å². The van der Waals surface area contributed by atoms with Crippen molar-refractivity contribution in [1.29, 1.82) is 0 Å². The Morgan fingerprint density at radius 2 is 2.22 bits per heavy atom. The maximum atomic E-state index is 12.7. The van der Waals surface area contributed by atoms with Gasteiger partial charge < -0.3 is 0 Å². The average Bonchev–Trinajstić information content (AvgIpc) is 2.97. The number of nitrogens with zero attached hydrogens (tertiary/aromatic N) is 3. The van der Waals surface area contributed by atoms with Crippen LogP contribution >= 0.6 is 22.9 Å². The van der Waals surface area contributed by atoms with Crippen LogP contribution in [-0.2, 0) is 17.5 Å². The van der Waals surface area contributed by atoms with Crippen molar-refractivity contribution in [2.75, 3.05) is 0 Å². The fourth-order valence-electron chi connectivity index (χ4n) is 1.60. The van der Waals surface area contributed by atoms with Crippen molar-refractivity contribution in [2.45, 2.75) is 19.6 Å². The van der Waals surface area contributed by atoms with Gasteiger partial charge in [-0.2, -0.15) is 27.8 Å². The van der Waals surface area contributed by atoms with Crippen LogP contribution in [0.3, 0.4) is 0 Å². The maximum absolute atomic E-state index is 12.7. The Morgan fingerprint density at radius 1 is 1.52 bits per heavy atom. The van der Waals surface area contributed by atoms with Crippen molar-refractivity contribution in [2.24, 2.45) is 5.10 Å². The molecule has 0 saturated heterocycles. The first-order valence-corrected chi connectivity index (χ1v) is 7.25. The van der Waals surface area contributed by atoms with Crippen LogP contribution in [-0.4, -0.2) is 21.9 Å². The Balaban J connectivity index is 2.02. The van der Waals surface area contributed by atoms with E-state index in [2.05, 4.69) is 15.6 Å². The fourth-order valence-corrected chi connectivity index (χ4v) is 2.44. The molecule has 23 heavy (non-hydrogen) atoms. The largest absolute Gasteiger partial charge is 0.436 e. The van der Waals surface area contributed by atoms with E-state index in [1.54, 1.807) is 0 Å². The standard InChI is InChI=1S/C12H9ClF4N4OS/c1-6-10(13)11(12(15,16)17)20-21(6)5-9(22)19-18-4-7-2-3-8(14)23-7/h2-4H,5H2,1H3,(H,19,22)/b18-4-. The monoisotopic (exact) mass is 368 g/mol. The Labute approximate surface area is 136 Å². The summed E-state index contributed by atoms with van der Waals surface area (Å²) in [4.78, 5) is 12.1. The Kier molecular flexibility index (Phi) is 5.05. The first-order valence-electron chi connectivity index (χ1n) is 6.06. The molecule has 0 unspecified atom stereocenters. The minimum Gasteiger partial charge on any atom is -0.271 e. The smallest absolute Gasteiger partial charge is 0.271 e. The van der Waals surface area contributed by atoms with Crippen LogP contribution in [0.2, 0.25) is 5.02 Å². The third kappa shape index (κ3) is 4.29. The molecule has 0 aliphatic carbocycles. The molecule has 0 radical (unpaired) electrons. The van der Waals surface area contributed by atoms with E-state index in [4.69, 9.17) is 11.6 Å². The molecule has 0 saturated carbocycles. The highest BCUT2D eigenvalue weighted by Gasteiger charge is 2.38. The Hall–Kier alpha value is -1.94. The highest BCUT2D eigenvalue weighted by molar-refractivity contribution is 7.12. The summed E-state index contributed by atoms with van der Waals surface area (Å²) in [6, 6.07) is 2.70. The van der Waals surface area contributed by atoms with Crippen LogP contribution in [0.15, 0.2) is 17.2 Å². The van der Waals surface area contributed by atoms with Crippen LogP contribution in [0.1, 0.15) is 16.3 Å². The lowest BCUT2D eigenvalue weighted by Crippen LogP contribution is -2.24. The molecule has 0 spiro atoms. The predicted molar refractivity (Wildman–Crippen MR) is 77.0 cm³/mol. The fraction of sp³-hybridized carbons (Fsp3) is 0.250. The molecule has 0 bridgehead atoms. The van der Waals surface area contributed by atoms with Crippen molar-refractivity contribution >= 4 is 35.1 Å². The van der Waals surface area contributed by atoms with E-state index in [0.29, 0.717) is 4.88 Å². The van der Waals surface area contributed by atoms with Gasteiger partial charge in [-0.15, -0.1) is 11.3 Å². The SMILES string of the molecule is Cc1c(Cl)c(C(F)(F)F)nn1CC(=O)N/N=C\c1ccc(F)s1. The zero-order chi connectivity index (χ0) is 17.2. The number of carbonyl (C=O) groups excluding carboxylic acids is 1. The maximum Gasteiger partial charge on any atom is 0.436 e. The van der Waals surface area contributed by atoms with Gasteiger partial charge in [-0.1, -0.05) is 11.6 Å². The lowest BCUT2D eigenvalue weighted by atomic mass is 10.3. The van der Waals surface area contributed by atoms with Gasteiger partial charge in [0, 0.05) is 0 Å². The number of halogens is 5. The number of hydrogen-bond donors (Lipinski definition) is 1. The van der Waals surface area contributed by atoms with E-state index in [1.165, 1.54) is 25.3 Å². The average molecular weight is 369 g/mol. The van der Waals surface area contributed by atoms with Crippen molar-refractivity contribution < 1.29 is 22.4 Å². The molecule has 0 atom stereocenters. The van der Waals surface area contributed by atoms with Gasteiger partial charge >= 0.3 is 6.18 Å². The minimum absolute atomic E-state index is 0.0125. The molecule has 2 aromatic heterocycles. The number of rotatable bonds is 4. The van der Waals surface area contributed by atoms with Gasteiger partial charge in [0.25, 0.3) is 5.91 Å². The van der Waals surface area contributed by atoms with Crippen molar-refractivity contribution in [3.63, 3.8) is 0 Å². The molecule has 0 aromatic carbocycles. The van der Waals surface area contributed by atoms with E-state index in [1.807, 2.05) is 0 Å². The van der Waals surface area contributed by atoms with Gasteiger partial charge in [0.2, 0.25) is 0 Å². The number of amides is 1. The Morgan fingerprint density at radius 3 is 2.74 bits per heavy atom. The number of hydrazone groups is 1. The summed E-state index contributed by atoms with van der Waals surface area (Å²) in [5.74, 6) is -0.700. The lowest BCUT2D eigenvalue weighted by Gasteiger charge is -2.03. The molecule has 2 rings (SSSR count). The second kappa shape index (κ2) is 6.67. The van der Waals surface area contributed by atoms with Crippen LogP contribution in [0.4, 0.5) is 17.6 Å². The molecule has 11 heteroatoms. The second-order valence-electron chi connectivity index (χ2n) is 4.34. The third-order valence-electron chi connectivity index (χ3n) is 2.67.